The third-order valence-corrected chi connectivity index (χ3v) is 2.24. The van der Waals surface area contributed by atoms with E-state index in [1.807, 2.05) is 30.3 Å². The van der Waals surface area contributed by atoms with Gasteiger partial charge in [-0.2, -0.15) is 0 Å². The Labute approximate surface area is 93.7 Å². The predicted molar refractivity (Wildman–Crippen MR) is 61.6 cm³/mol. The molecule has 0 saturated carbocycles. The number of methoxy groups -OCH3 is 1. The summed E-state index contributed by atoms with van der Waals surface area (Å²) in [7, 11) is 1.53. The van der Waals surface area contributed by atoms with E-state index < -0.39 is 0 Å². The second-order valence-corrected chi connectivity index (χ2v) is 3.31. The number of rotatable bonds is 3. The van der Waals surface area contributed by atoms with Crippen molar-refractivity contribution in [3.8, 4) is 17.1 Å². The number of aldehydes is 1. The Hall–Kier alpha value is -2.16. The van der Waals surface area contributed by atoms with E-state index in [1.54, 1.807) is 12.1 Å². The standard InChI is InChI=1S/C13H11NO2/c1-16-13-8-10(9-15)7-12(14-13)11-5-3-2-4-6-11/h2-9H,1H3. The zero-order chi connectivity index (χ0) is 11.4. The van der Waals surface area contributed by atoms with Gasteiger partial charge in [0.15, 0.2) is 0 Å². The summed E-state index contributed by atoms with van der Waals surface area (Å²) in [5.74, 6) is 0.448. The molecular formula is C13H11NO2. The molecule has 2 rings (SSSR count). The van der Waals surface area contributed by atoms with Crippen molar-refractivity contribution in [2.24, 2.45) is 0 Å². The van der Waals surface area contributed by atoms with Gasteiger partial charge in [0.1, 0.15) is 6.29 Å². The molecule has 0 fully saturated rings. The van der Waals surface area contributed by atoms with Crippen molar-refractivity contribution in [1.29, 1.82) is 0 Å². The van der Waals surface area contributed by atoms with E-state index >= 15 is 0 Å². The van der Waals surface area contributed by atoms with Gasteiger partial charge < -0.3 is 4.74 Å². The maximum Gasteiger partial charge on any atom is 0.214 e. The summed E-state index contributed by atoms with van der Waals surface area (Å²) in [4.78, 5) is 15.1. The normalized spacial score (nSPS) is 9.81. The monoisotopic (exact) mass is 213 g/mol. The van der Waals surface area contributed by atoms with Crippen LogP contribution < -0.4 is 4.74 Å². The molecule has 3 heteroatoms. The fourth-order valence-electron chi connectivity index (χ4n) is 1.45. The highest BCUT2D eigenvalue weighted by atomic mass is 16.5. The summed E-state index contributed by atoms with van der Waals surface area (Å²) < 4.78 is 5.05. The predicted octanol–water partition coefficient (Wildman–Crippen LogP) is 2.57. The molecule has 0 saturated heterocycles. The highest BCUT2D eigenvalue weighted by Crippen LogP contribution is 2.21. The Kier molecular flexibility index (Phi) is 2.96. The Morgan fingerprint density at radius 2 is 1.94 bits per heavy atom. The maximum absolute atomic E-state index is 10.8. The van der Waals surface area contributed by atoms with Crippen LogP contribution in [0.3, 0.4) is 0 Å². The number of pyridine rings is 1. The quantitative estimate of drug-likeness (QED) is 0.735. The smallest absolute Gasteiger partial charge is 0.214 e. The van der Waals surface area contributed by atoms with Crippen LogP contribution >= 0.6 is 0 Å². The molecule has 0 aliphatic rings. The summed E-state index contributed by atoms with van der Waals surface area (Å²) >= 11 is 0. The zero-order valence-electron chi connectivity index (χ0n) is 8.88. The number of hydrogen-bond donors (Lipinski definition) is 0. The fraction of sp³-hybridized carbons (Fsp3) is 0.0769. The van der Waals surface area contributed by atoms with Crippen molar-refractivity contribution in [2.75, 3.05) is 7.11 Å². The Morgan fingerprint density at radius 1 is 1.19 bits per heavy atom. The third-order valence-electron chi connectivity index (χ3n) is 2.24. The van der Waals surface area contributed by atoms with Gasteiger partial charge in [0.25, 0.3) is 0 Å². The second kappa shape index (κ2) is 4.57. The molecule has 0 atom stereocenters. The molecule has 1 aromatic carbocycles. The third kappa shape index (κ3) is 2.08. The van der Waals surface area contributed by atoms with Gasteiger partial charge in [-0.3, -0.25) is 4.79 Å². The Bertz CT molecular complexity index is 495. The van der Waals surface area contributed by atoms with E-state index in [-0.39, 0.29) is 0 Å². The molecule has 1 aromatic heterocycles. The molecule has 0 aliphatic heterocycles. The van der Waals surface area contributed by atoms with E-state index in [0.717, 1.165) is 17.5 Å². The number of nitrogens with zero attached hydrogens (tertiary/aromatic N) is 1. The molecular weight excluding hydrogens is 202 g/mol. The van der Waals surface area contributed by atoms with Gasteiger partial charge >= 0.3 is 0 Å². The first-order valence-electron chi connectivity index (χ1n) is 4.90. The van der Waals surface area contributed by atoms with Crippen LogP contribution in [0.15, 0.2) is 42.5 Å². The van der Waals surface area contributed by atoms with Crippen LogP contribution in [-0.2, 0) is 0 Å². The minimum absolute atomic E-state index is 0.448. The van der Waals surface area contributed by atoms with E-state index in [0.29, 0.717) is 11.4 Å². The van der Waals surface area contributed by atoms with Gasteiger partial charge in [-0.1, -0.05) is 30.3 Å². The van der Waals surface area contributed by atoms with E-state index in [9.17, 15) is 4.79 Å². The van der Waals surface area contributed by atoms with Crippen molar-refractivity contribution in [1.82, 2.24) is 4.98 Å². The summed E-state index contributed by atoms with van der Waals surface area (Å²) in [6.07, 6.45) is 0.788. The van der Waals surface area contributed by atoms with E-state index in [2.05, 4.69) is 4.98 Å². The number of ether oxygens (including phenoxy) is 1. The molecule has 3 nitrogen and oxygen atoms in total. The lowest BCUT2D eigenvalue weighted by molar-refractivity contribution is 0.112. The van der Waals surface area contributed by atoms with Gasteiger partial charge in [0, 0.05) is 17.2 Å². The highest BCUT2D eigenvalue weighted by Gasteiger charge is 2.04. The first kappa shape index (κ1) is 10.4. The largest absolute Gasteiger partial charge is 0.481 e. The highest BCUT2D eigenvalue weighted by molar-refractivity contribution is 5.78. The molecule has 0 spiro atoms. The summed E-state index contributed by atoms with van der Waals surface area (Å²) in [6.45, 7) is 0. The maximum atomic E-state index is 10.8. The van der Waals surface area contributed by atoms with Gasteiger partial charge in [0.05, 0.1) is 12.8 Å². The lowest BCUT2D eigenvalue weighted by atomic mass is 10.1. The van der Waals surface area contributed by atoms with Crippen LogP contribution in [0.1, 0.15) is 10.4 Å². The van der Waals surface area contributed by atoms with Gasteiger partial charge in [-0.05, 0) is 6.07 Å². The minimum Gasteiger partial charge on any atom is -0.481 e. The lowest BCUT2D eigenvalue weighted by Gasteiger charge is -2.04. The summed E-state index contributed by atoms with van der Waals surface area (Å²) in [6, 6.07) is 13.0. The molecule has 0 aliphatic carbocycles. The molecule has 0 amide bonds. The Balaban J connectivity index is 2.52. The molecule has 1 heterocycles. The van der Waals surface area contributed by atoms with Crippen LogP contribution in [0.25, 0.3) is 11.3 Å². The van der Waals surface area contributed by atoms with Crippen LogP contribution in [-0.4, -0.2) is 18.4 Å². The first-order chi connectivity index (χ1) is 7.83. The van der Waals surface area contributed by atoms with Crippen LogP contribution in [0, 0.1) is 0 Å². The average Bonchev–Trinajstić information content (AvgIpc) is 2.39. The fourth-order valence-corrected chi connectivity index (χ4v) is 1.45. The van der Waals surface area contributed by atoms with Crippen molar-refractivity contribution >= 4 is 6.29 Å². The molecule has 0 radical (unpaired) electrons. The minimum atomic E-state index is 0.448. The number of carbonyl (C=O) groups is 1. The van der Waals surface area contributed by atoms with Crippen LogP contribution in [0.5, 0.6) is 5.88 Å². The van der Waals surface area contributed by atoms with Crippen LogP contribution in [0.2, 0.25) is 0 Å². The number of hydrogen-bond acceptors (Lipinski definition) is 3. The Morgan fingerprint density at radius 3 is 2.56 bits per heavy atom. The van der Waals surface area contributed by atoms with Crippen molar-refractivity contribution in [2.45, 2.75) is 0 Å². The van der Waals surface area contributed by atoms with E-state index in [4.69, 9.17) is 4.74 Å². The topological polar surface area (TPSA) is 39.2 Å². The number of carbonyl (C=O) groups excluding carboxylic acids is 1. The second-order valence-electron chi connectivity index (χ2n) is 3.31. The van der Waals surface area contributed by atoms with Crippen molar-refractivity contribution in [3.05, 3.63) is 48.0 Å². The molecule has 80 valence electrons. The molecule has 2 aromatic rings. The zero-order valence-corrected chi connectivity index (χ0v) is 8.88. The van der Waals surface area contributed by atoms with Gasteiger partial charge in [-0.25, -0.2) is 4.98 Å². The molecule has 16 heavy (non-hydrogen) atoms. The number of aromatic nitrogens is 1. The van der Waals surface area contributed by atoms with Gasteiger partial charge in [0.2, 0.25) is 5.88 Å². The van der Waals surface area contributed by atoms with Crippen LogP contribution in [0.4, 0.5) is 0 Å². The molecule has 0 bridgehead atoms. The summed E-state index contributed by atoms with van der Waals surface area (Å²) in [5.41, 5.74) is 2.26. The molecule has 0 N–H and O–H groups in total. The lowest BCUT2D eigenvalue weighted by Crippen LogP contribution is -1.93. The van der Waals surface area contributed by atoms with Crippen molar-refractivity contribution < 1.29 is 9.53 Å². The number of benzene rings is 1. The molecule has 0 unspecified atom stereocenters. The average molecular weight is 213 g/mol. The summed E-state index contributed by atoms with van der Waals surface area (Å²) in [5, 5.41) is 0. The van der Waals surface area contributed by atoms with Crippen molar-refractivity contribution in [3.63, 3.8) is 0 Å². The SMILES string of the molecule is COc1cc(C=O)cc(-c2ccccc2)n1. The van der Waals surface area contributed by atoms with Gasteiger partial charge in [-0.15, -0.1) is 0 Å². The first-order valence-corrected chi connectivity index (χ1v) is 4.90. The van der Waals surface area contributed by atoms with E-state index in [1.165, 1.54) is 7.11 Å².